The van der Waals surface area contributed by atoms with Gasteiger partial charge in [-0.2, -0.15) is 0 Å². The number of anilines is 2. The lowest BCUT2D eigenvalue weighted by Gasteiger charge is -2.22. The maximum Gasteiger partial charge on any atom is 0.135 e. The molecule has 2 rings (SSSR count). The van der Waals surface area contributed by atoms with Crippen molar-refractivity contribution in [3.05, 3.63) is 51.6 Å². The van der Waals surface area contributed by atoms with Crippen LogP contribution in [0.5, 0.6) is 0 Å². The third kappa shape index (κ3) is 2.56. The van der Waals surface area contributed by atoms with E-state index in [1.165, 1.54) is 16.8 Å². The maximum absolute atomic E-state index is 4.50. The first-order valence-electron chi connectivity index (χ1n) is 5.92. The second kappa shape index (κ2) is 5.11. The summed E-state index contributed by atoms with van der Waals surface area (Å²) in [7, 11) is 2.06. The summed E-state index contributed by atoms with van der Waals surface area (Å²) in [5.41, 5.74) is 4.88. The molecule has 2 nitrogen and oxygen atoms in total. The second-order valence-corrected chi connectivity index (χ2v) is 5.56. The van der Waals surface area contributed by atoms with Gasteiger partial charge in [0, 0.05) is 23.4 Å². The normalized spacial score (nSPS) is 10.5. The topological polar surface area (TPSA) is 16.1 Å². The standard InChI is InChI=1S/C15H17BrN2/c1-10-5-6-11(2)14(7-10)18(4)15-12(3)8-13(16)9-17-15/h5-9H,1-4H3. The molecule has 0 saturated heterocycles. The number of halogens is 1. The van der Waals surface area contributed by atoms with Crippen molar-refractivity contribution in [3.8, 4) is 0 Å². The summed E-state index contributed by atoms with van der Waals surface area (Å²) in [6.07, 6.45) is 1.84. The number of aromatic nitrogens is 1. The Morgan fingerprint density at radius 2 is 1.78 bits per heavy atom. The molecule has 1 aromatic carbocycles. The average Bonchev–Trinajstić information content (AvgIpc) is 2.31. The third-order valence-corrected chi connectivity index (χ3v) is 3.49. The Morgan fingerprint density at radius 1 is 1.06 bits per heavy atom. The minimum Gasteiger partial charge on any atom is -0.329 e. The number of hydrogen-bond donors (Lipinski definition) is 0. The van der Waals surface area contributed by atoms with E-state index < -0.39 is 0 Å². The number of pyridine rings is 1. The van der Waals surface area contributed by atoms with Crippen LogP contribution in [-0.2, 0) is 0 Å². The van der Waals surface area contributed by atoms with Crippen molar-refractivity contribution in [3.63, 3.8) is 0 Å². The largest absolute Gasteiger partial charge is 0.329 e. The molecule has 0 aliphatic heterocycles. The number of aryl methyl sites for hydroxylation is 3. The first kappa shape index (κ1) is 13.1. The molecule has 1 heterocycles. The van der Waals surface area contributed by atoms with Crippen LogP contribution in [0.25, 0.3) is 0 Å². The number of benzene rings is 1. The van der Waals surface area contributed by atoms with Crippen LogP contribution in [0.4, 0.5) is 11.5 Å². The summed E-state index contributed by atoms with van der Waals surface area (Å²) in [6, 6.07) is 8.56. The fourth-order valence-corrected chi connectivity index (χ4v) is 2.53. The molecule has 0 aliphatic rings. The Kier molecular flexibility index (Phi) is 3.71. The van der Waals surface area contributed by atoms with Gasteiger partial charge in [0.05, 0.1) is 0 Å². The quantitative estimate of drug-likeness (QED) is 0.810. The fourth-order valence-electron chi connectivity index (χ4n) is 2.08. The lowest BCUT2D eigenvalue weighted by molar-refractivity contribution is 1.08. The Morgan fingerprint density at radius 3 is 2.44 bits per heavy atom. The zero-order chi connectivity index (χ0) is 13.3. The average molecular weight is 305 g/mol. The van der Waals surface area contributed by atoms with E-state index in [9.17, 15) is 0 Å². The highest BCUT2D eigenvalue weighted by Gasteiger charge is 2.11. The molecule has 0 aliphatic carbocycles. The van der Waals surface area contributed by atoms with E-state index in [1.807, 2.05) is 6.20 Å². The molecule has 0 atom stereocenters. The van der Waals surface area contributed by atoms with Gasteiger partial charge in [0.15, 0.2) is 0 Å². The molecular formula is C15H17BrN2. The van der Waals surface area contributed by atoms with E-state index in [4.69, 9.17) is 0 Å². The highest BCUT2D eigenvalue weighted by molar-refractivity contribution is 9.10. The van der Waals surface area contributed by atoms with Gasteiger partial charge < -0.3 is 4.90 Å². The van der Waals surface area contributed by atoms with E-state index in [0.717, 1.165) is 15.9 Å². The smallest absolute Gasteiger partial charge is 0.135 e. The van der Waals surface area contributed by atoms with E-state index in [1.54, 1.807) is 0 Å². The van der Waals surface area contributed by atoms with Gasteiger partial charge in [-0.3, -0.25) is 0 Å². The predicted molar refractivity (Wildman–Crippen MR) is 80.7 cm³/mol. The number of nitrogens with zero attached hydrogens (tertiary/aromatic N) is 2. The molecule has 1 aromatic heterocycles. The van der Waals surface area contributed by atoms with Gasteiger partial charge in [-0.1, -0.05) is 12.1 Å². The van der Waals surface area contributed by atoms with Crippen LogP contribution < -0.4 is 4.90 Å². The minimum absolute atomic E-state index is 0.993. The van der Waals surface area contributed by atoms with Crippen LogP contribution in [-0.4, -0.2) is 12.0 Å². The van der Waals surface area contributed by atoms with Crippen molar-refractivity contribution in [1.82, 2.24) is 4.98 Å². The SMILES string of the molecule is Cc1ccc(C)c(N(C)c2ncc(Br)cc2C)c1. The molecule has 0 fully saturated rings. The Labute approximate surface area is 117 Å². The van der Waals surface area contributed by atoms with E-state index in [0.29, 0.717) is 0 Å². The summed E-state index contributed by atoms with van der Waals surface area (Å²) < 4.78 is 1.01. The van der Waals surface area contributed by atoms with Crippen LogP contribution in [0.1, 0.15) is 16.7 Å². The van der Waals surface area contributed by atoms with Crippen molar-refractivity contribution >= 4 is 27.4 Å². The van der Waals surface area contributed by atoms with Crippen molar-refractivity contribution in [2.24, 2.45) is 0 Å². The van der Waals surface area contributed by atoms with Crippen LogP contribution >= 0.6 is 15.9 Å². The summed E-state index contributed by atoms with van der Waals surface area (Å²) in [6.45, 7) is 6.31. The summed E-state index contributed by atoms with van der Waals surface area (Å²) in [5, 5.41) is 0. The van der Waals surface area contributed by atoms with Gasteiger partial charge in [0.1, 0.15) is 5.82 Å². The van der Waals surface area contributed by atoms with Crippen molar-refractivity contribution < 1.29 is 0 Å². The van der Waals surface area contributed by atoms with Crippen LogP contribution in [0.15, 0.2) is 34.9 Å². The lowest BCUT2D eigenvalue weighted by Crippen LogP contribution is -2.14. The molecule has 0 radical (unpaired) electrons. The summed E-state index contributed by atoms with van der Waals surface area (Å²) >= 11 is 3.45. The molecular weight excluding hydrogens is 288 g/mol. The second-order valence-electron chi connectivity index (χ2n) is 4.64. The van der Waals surface area contributed by atoms with Crippen molar-refractivity contribution in [2.75, 3.05) is 11.9 Å². The summed E-state index contributed by atoms with van der Waals surface area (Å²) in [4.78, 5) is 6.65. The molecule has 18 heavy (non-hydrogen) atoms. The zero-order valence-corrected chi connectivity index (χ0v) is 12.7. The van der Waals surface area contributed by atoms with Crippen molar-refractivity contribution in [2.45, 2.75) is 20.8 Å². The predicted octanol–water partition coefficient (Wildman–Crippen LogP) is 4.54. The number of rotatable bonds is 2. The Balaban J connectivity index is 2.47. The van der Waals surface area contributed by atoms with Crippen LogP contribution in [0, 0.1) is 20.8 Å². The van der Waals surface area contributed by atoms with Gasteiger partial charge in [0.2, 0.25) is 0 Å². The lowest BCUT2D eigenvalue weighted by atomic mass is 10.1. The minimum atomic E-state index is 0.993. The van der Waals surface area contributed by atoms with E-state index in [-0.39, 0.29) is 0 Å². The van der Waals surface area contributed by atoms with Crippen LogP contribution in [0.3, 0.4) is 0 Å². The van der Waals surface area contributed by atoms with E-state index in [2.05, 4.69) is 77.9 Å². The molecule has 0 amide bonds. The molecule has 94 valence electrons. The molecule has 0 N–H and O–H groups in total. The van der Waals surface area contributed by atoms with Gasteiger partial charge in [-0.15, -0.1) is 0 Å². The maximum atomic E-state index is 4.50. The Hall–Kier alpha value is -1.35. The molecule has 0 bridgehead atoms. The monoisotopic (exact) mass is 304 g/mol. The van der Waals surface area contributed by atoms with Gasteiger partial charge in [0.25, 0.3) is 0 Å². The molecule has 0 spiro atoms. The van der Waals surface area contributed by atoms with Gasteiger partial charge >= 0.3 is 0 Å². The first-order valence-corrected chi connectivity index (χ1v) is 6.71. The molecule has 3 heteroatoms. The highest BCUT2D eigenvalue weighted by Crippen LogP contribution is 2.29. The fraction of sp³-hybridized carbons (Fsp3) is 0.267. The highest BCUT2D eigenvalue weighted by atomic mass is 79.9. The summed E-state index contributed by atoms with van der Waals surface area (Å²) in [5.74, 6) is 0.993. The first-order chi connectivity index (χ1) is 8.49. The molecule has 0 saturated carbocycles. The van der Waals surface area contributed by atoms with Crippen molar-refractivity contribution in [1.29, 1.82) is 0 Å². The number of hydrogen-bond acceptors (Lipinski definition) is 2. The Bertz CT molecular complexity index is 579. The van der Waals surface area contributed by atoms with E-state index >= 15 is 0 Å². The van der Waals surface area contributed by atoms with Crippen LogP contribution in [0.2, 0.25) is 0 Å². The molecule has 0 unspecified atom stereocenters. The van der Waals surface area contributed by atoms with Gasteiger partial charge in [-0.25, -0.2) is 4.98 Å². The third-order valence-electron chi connectivity index (χ3n) is 3.06. The zero-order valence-electron chi connectivity index (χ0n) is 11.2. The van der Waals surface area contributed by atoms with Gasteiger partial charge in [-0.05, 0) is 65.5 Å². The molecule has 2 aromatic rings.